The first-order chi connectivity index (χ1) is 9.40. The second kappa shape index (κ2) is 6.01. The monoisotopic (exact) mass is 324 g/mol. The summed E-state index contributed by atoms with van der Waals surface area (Å²) in [4.78, 5) is 11.5. The number of alkyl carbamates (subject to hydrolysis) is 1. The number of anilines is 1. The topological polar surface area (TPSA) is 64.3 Å². The SMILES string of the molecule is CC(C)(C)OC(=O)N[C@@H](c1ccc(N)c(Cl)c1)C(F)(F)F. The molecule has 1 rings (SSSR count). The number of benzene rings is 1. The van der Waals surface area contributed by atoms with Crippen molar-refractivity contribution >= 4 is 23.4 Å². The Labute approximate surface area is 125 Å². The van der Waals surface area contributed by atoms with Gasteiger partial charge in [-0.05, 0) is 38.5 Å². The first kappa shape index (κ1) is 17.4. The molecule has 118 valence electrons. The zero-order valence-corrected chi connectivity index (χ0v) is 12.5. The number of nitrogens with two attached hydrogens (primary N) is 1. The first-order valence-electron chi connectivity index (χ1n) is 6.01. The molecule has 0 heterocycles. The van der Waals surface area contributed by atoms with Crippen LogP contribution in [-0.2, 0) is 4.74 Å². The molecular weight excluding hydrogens is 309 g/mol. The minimum Gasteiger partial charge on any atom is -0.444 e. The summed E-state index contributed by atoms with van der Waals surface area (Å²) in [5.74, 6) is 0. The van der Waals surface area contributed by atoms with Crippen LogP contribution in [0.25, 0.3) is 0 Å². The number of hydrogen-bond donors (Lipinski definition) is 2. The molecule has 0 unspecified atom stereocenters. The van der Waals surface area contributed by atoms with Gasteiger partial charge in [-0.3, -0.25) is 0 Å². The highest BCUT2D eigenvalue weighted by molar-refractivity contribution is 6.33. The number of rotatable bonds is 2. The van der Waals surface area contributed by atoms with Gasteiger partial charge in [-0.25, -0.2) is 4.79 Å². The number of ether oxygens (including phenoxy) is 1. The summed E-state index contributed by atoms with van der Waals surface area (Å²) in [5, 5.41) is 1.77. The Kier molecular flexibility index (Phi) is 4.99. The molecule has 1 amide bonds. The lowest BCUT2D eigenvalue weighted by Gasteiger charge is -2.25. The van der Waals surface area contributed by atoms with E-state index in [4.69, 9.17) is 22.1 Å². The maximum Gasteiger partial charge on any atom is 0.412 e. The summed E-state index contributed by atoms with van der Waals surface area (Å²) in [7, 11) is 0. The molecule has 0 fully saturated rings. The maximum absolute atomic E-state index is 13.1. The highest BCUT2D eigenvalue weighted by Crippen LogP contribution is 2.35. The van der Waals surface area contributed by atoms with E-state index in [9.17, 15) is 18.0 Å². The first-order valence-corrected chi connectivity index (χ1v) is 6.39. The smallest absolute Gasteiger partial charge is 0.412 e. The zero-order valence-electron chi connectivity index (χ0n) is 11.7. The molecular formula is C13H16ClF3N2O2. The average Bonchev–Trinajstić information content (AvgIpc) is 2.26. The molecule has 0 aliphatic heterocycles. The Hall–Kier alpha value is -1.63. The van der Waals surface area contributed by atoms with Crippen LogP contribution >= 0.6 is 11.6 Å². The van der Waals surface area contributed by atoms with Gasteiger partial charge in [0, 0.05) is 0 Å². The number of nitrogen functional groups attached to an aromatic ring is 1. The number of carbonyl (C=O) groups excluding carboxylic acids is 1. The van der Waals surface area contributed by atoms with Crippen LogP contribution in [0.2, 0.25) is 5.02 Å². The van der Waals surface area contributed by atoms with Crippen LogP contribution in [0.3, 0.4) is 0 Å². The van der Waals surface area contributed by atoms with Gasteiger partial charge in [0.1, 0.15) is 5.60 Å². The fraction of sp³-hybridized carbons (Fsp3) is 0.462. The van der Waals surface area contributed by atoms with Crippen LogP contribution < -0.4 is 11.1 Å². The summed E-state index contributed by atoms with van der Waals surface area (Å²) in [5.41, 5.74) is 4.48. The van der Waals surface area contributed by atoms with E-state index in [0.717, 1.165) is 12.1 Å². The fourth-order valence-electron chi connectivity index (χ4n) is 1.50. The number of carbonyl (C=O) groups is 1. The molecule has 0 aliphatic carbocycles. The number of hydrogen-bond acceptors (Lipinski definition) is 3. The quantitative estimate of drug-likeness (QED) is 0.807. The van der Waals surface area contributed by atoms with Crippen molar-refractivity contribution in [1.82, 2.24) is 5.32 Å². The molecule has 0 aliphatic rings. The molecule has 0 saturated carbocycles. The van der Waals surface area contributed by atoms with Gasteiger partial charge in [0.05, 0.1) is 10.7 Å². The summed E-state index contributed by atoms with van der Waals surface area (Å²) in [6.45, 7) is 4.65. The second-order valence-corrected chi connectivity index (χ2v) is 5.81. The molecule has 1 atom stereocenters. The third-order valence-electron chi connectivity index (χ3n) is 2.35. The predicted molar refractivity (Wildman–Crippen MR) is 74.0 cm³/mol. The number of alkyl halides is 3. The van der Waals surface area contributed by atoms with Gasteiger partial charge in [0.2, 0.25) is 0 Å². The largest absolute Gasteiger partial charge is 0.444 e. The van der Waals surface area contributed by atoms with E-state index in [1.807, 2.05) is 0 Å². The van der Waals surface area contributed by atoms with Crippen molar-refractivity contribution in [2.45, 2.75) is 38.6 Å². The summed E-state index contributed by atoms with van der Waals surface area (Å²) >= 11 is 5.71. The van der Waals surface area contributed by atoms with E-state index < -0.39 is 23.9 Å². The standard InChI is InChI=1S/C13H16ClF3N2O2/c1-12(2,3)21-11(20)19-10(13(15,16)17)7-4-5-9(18)8(14)6-7/h4-6,10H,18H2,1-3H3,(H,19,20)/t10-/m0/s1. The van der Waals surface area contributed by atoms with Gasteiger partial charge in [-0.2, -0.15) is 13.2 Å². The predicted octanol–water partition coefficient (Wildman–Crippen LogP) is 4.05. The van der Waals surface area contributed by atoms with Crippen molar-refractivity contribution in [3.63, 3.8) is 0 Å². The van der Waals surface area contributed by atoms with Crippen molar-refractivity contribution in [3.8, 4) is 0 Å². The van der Waals surface area contributed by atoms with E-state index in [1.54, 1.807) is 26.1 Å². The van der Waals surface area contributed by atoms with Gasteiger partial charge < -0.3 is 15.8 Å². The van der Waals surface area contributed by atoms with Gasteiger partial charge in [0.15, 0.2) is 6.04 Å². The normalized spacial score (nSPS) is 13.7. The second-order valence-electron chi connectivity index (χ2n) is 5.40. The van der Waals surface area contributed by atoms with E-state index in [2.05, 4.69) is 0 Å². The lowest BCUT2D eigenvalue weighted by molar-refractivity contribution is -0.156. The summed E-state index contributed by atoms with van der Waals surface area (Å²) in [6, 6.07) is 1.22. The van der Waals surface area contributed by atoms with E-state index >= 15 is 0 Å². The van der Waals surface area contributed by atoms with Gasteiger partial charge in [0.25, 0.3) is 0 Å². The van der Waals surface area contributed by atoms with E-state index in [1.165, 1.54) is 6.07 Å². The van der Waals surface area contributed by atoms with Crippen molar-refractivity contribution < 1.29 is 22.7 Å². The lowest BCUT2D eigenvalue weighted by atomic mass is 10.1. The number of nitrogens with one attached hydrogen (secondary N) is 1. The van der Waals surface area contributed by atoms with E-state index in [0.29, 0.717) is 0 Å². The molecule has 4 nitrogen and oxygen atoms in total. The minimum atomic E-state index is -4.70. The molecule has 1 aromatic rings. The summed E-state index contributed by atoms with van der Waals surface area (Å²) in [6.07, 6.45) is -5.87. The Balaban J connectivity index is 3.02. The van der Waals surface area contributed by atoms with Crippen LogP contribution in [0.1, 0.15) is 32.4 Å². The fourth-order valence-corrected chi connectivity index (χ4v) is 1.69. The van der Waals surface area contributed by atoms with Gasteiger partial charge in [-0.1, -0.05) is 17.7 Å². The third-order valence-corrected chi connectivity index (χ3v) is 2.67. The molecule has 8 heteroatoms. The molecule has 0 saturated heterocycles. The third kappa shape index (κ3) is 5.34. The molecule has 0 aromatic heterocycles. The molecule has 21 heavy (non-hydrogen) atoms. The Bertz CT molecular complexity index is 527. The Morgan fingerprint density at radius 1 is 1.33 bits per heavy atom. The molecule has 0 bridgehead atoms. The van der Waals surface area contributed by atoms with E-state index in [-0.39, 0.29) is 16.3 Å². The molecule has 0 spiro atoms. The van der Waals surface area contributed by atoms with Gasteiger partial charge in [-0.15, -0.1) is 0 Å². The average molecular weight is 325 g/mol. The Morgan fingerprint density at radius 2 is 1.90 bits per heavy atom. The Morgan fingerprint density at radius 3 is 2.33 bits per heavy atom. The van der Waals surface area contributed by atoms with Crippen LogP contribution in [0.5, 0.6) is 0 Å². The van der Waals surface area contributed by atoms with Crippen molar-refractivity contribution in [2.75, 3.05) is 5.73 Å². The number of amides is 1. The van der Waals surface area contributed by atoms with Gasteiger partial charge >= 0.3 is 12.3 Å². The summed E-state index contributed by atoms with van der Waals surface area (Å²) < 4.78 is 44.1. The lowest BCUT2D eigenvalue weighted by Crippen LogP contribution is -2.41. The number of halogens is 4. The highest BCUT2D eigenvalue weighted by Gasteiger charge is 2.42. The van der Waals surface area contributed by atoms with Crippen LogP contribution in [0, 0.1) is 0 Å². The molecule has 1 aromatic carbocycles. The zero-order chi connectivity index (χ0) is 16.4. The maximum atomic E-state index is 13.1. The van der Waals surface area contributed by atoms with Crippen LogP contribution in [0.4, 0.5) is 23.7 Å². The van der Waals surface area contributed by atoms with Crippen molar-refractivity contribution in [3.05, 3.63) is 28.8 Å². The molecule has 3 N–H and O–H groups in total. The van der Waals surface area contributed by atoms with Crippen molar-refractivity contribution in [1.29, 1.82) is 0 Å². The van der Waals surface area contributed by atoms with Crippen LogP contribution in [-0.4, -0.2) is 17.9 Å². The van der Waals surface area contributed by atoms with Crippen molar-refractivity contribution in [2.24, 2.45) is 0 Å². The molecule has 0 radical (unpaired) electrons. The minimum absolute atomic E-state index is 0.0206. The van der Waals surface area contributed by atoms with Crippen LogP contribution in [0.15, 0.2) is 18.2 Å². The highest BCUT2D eigenvalue weighted by atomic mass is 35.5.